The van der Waals surface area contributed by atoms with Gasteiger partial charge >= 0.3 is 5.97 Å². The second kappa shape index (κ2) is 23.9. The van der Waals surface area contributed by atoms with Gasteiger partial charge in [0.1, 0.15) is 0 Å². The Morgan fingerprint density at radius 3 is 1.29 bits per heavy atom. The van der Waals surface area contributed by atoms with Gasteiger partial charge in [0, 0.05) is 19.4 Å². The highest BCUT2D eigenvalue weighted by atomic mass is 16.4. The zero-order chi connectivity index (χ0) is 21.5. The molecule has 168 valence electrons. The zero-order valence-electron chi connectivity index (χ0n) is 19.0. The molecule has 5 heteroatoms. The summed E-state index contributed by atoms with van der Waals surface area (Å²) < 4.78 is 0. The van der Waals surface area contributed by atoms with Gasteiger partial charge in [0.05, 0.1) is 0 Å². The Balaban J connectivity index is 0. The lowest BCUT2D eigenvalue weighted by Crippen LogP contribution is -2.20. The average Bonchev–Trinajstić information content (AvgIpc) is 2.63. The highest BCUT2D eigenvalue weighted by Gasteiger charge is 1.97. The normalized spacial score (nSPS) is 10.6. The van der Waals surface area contributed by atoms with Crippen LogP contribution in [0.1, 0.15) is 116 Å². The van der Waals surface area contributed by atoms with Gasteiger partial charge in [-0.2, -0.15) is 0 Å². The van der Waals surface area contributed by atoms with Crippen molar-refractivity contribution >= 4 is 11.9 Å². The van der Waals surface area contributed by atoms with Gasteiger partial charge in [-0.05, 0) is 20.5 Å². The minimum atomic E-state index is -0.653. The number of unbranched alkanes of at least 4 members (excludes halogenated alkanes) is 14. The number of nitrogens with zero attached hydrogens (tertiary/aromatic N) is 1. The summed E-state index contributed by atoms with van der Waals surface area (Å²) in [5.74, 6) is -0.890. The van der Waals surface area contributed by atoms with E-state index in [4.69, 9.17) is 10.8 Å². The third-order valence-corrected chi connectivity index (χ3v) is 4.80. The molecule has 0 saturated heterocycles. The predicted octanol–water partition coefficient (Wildman–Crippen LogP) is 5.76. The molecule has 0 saturated carbocycles. The average molecular weight is 401 g/mol. The van der Waals surface area contributed by atoms with Crippen molar-refractivity contribution in [2.75, 3.05) is 20.6 Å². The first-order valence-corrected chi connectivity index (χ1v) is 11.5. The topological polar surface area (TPSA) is 83.6 Å². The van der Waals surface area contributed by atoms with Crippen molar-refractivity contribution in [2.45, 2.75) is 116 Å². The molecule has 0 aromatic rings. The molecule has 0 fully saturated rings. The number of carboxylic acids is 1. The maximum absolute atomic E-state index is 10.3. The number of primary amides is 1. The molecule has 0 aliphatic carbocycles. The summed E-state index contributed by atoms with van der Waals surface area (Å²) in [5, 5.41) is 8.52. The summed E-state index contributed by atoms with van der Waals surface area (Å²) in [5.41, 5.74) is 4.88. The summed E-state index contributed by atoms with van der Waals surface area (Å²) >= 11 is 0. The number of carbonyl (C=O) groups is 2. The molecular formula is C23H48N2O3. The van der Waals surface area contributed by atoms with Gasteiger partial charge in [0.2, 0.25) is 5.91 Å². The molecule has 5 nitrogen and oxygen atoms in total. The van der Waals surface area contributed by atoms with E-state index in [-0.39, 0.29) is 5.91 Å². The van der Waals surface area contributed by atoms with Crippen molar-refractivity contribution in [3.05, 3.63) is 0 Å². The molecule has 0 aliphatic heterocycles. The fourth-order valence-electron chi connectivity index (χ4n) is 2.98. The van der Waals surface area contributed by atoms with E-state index in [1.165, 1.54) is 83.5 Å². The maximum atomic E-state index is 10.3. The molecule has 0 aromatic carbocycles. The quantitative estimate of drug-likeness (QED) is 0.270. The van der Waals surface area contributed by atoms with Crippen molar-refractivity contribution in [1.82, 2.24) is 4.90 Å². The number of carboxylic acid groups (broad SMARTS) is 1. The number of hydrogen-bond acceptors (Lipinski definition) is 3. The Hall–Kier alpha value is -1.10. The Morgan fingerprint density at radius 1 is 0.679 bits per heavy atom. The molecule has 0 atom stereocenters. The summed E-state index contributed by atoms with van der Waals surface area (Å²) in [6, 6.07) is 0. The Bertz CT molecular complexity index is 347. The number of amides is 1. The lowest BCUT2D eigenvalue weighted by Gasteiger charge is -2.05. The van der Waals surface area contributed by atoms with Crippen molar-refractivity contribution < 1.29 is 14.7 Å². The first-order valence-electron chi connectivity index (χ1n) is 11.5. The summed E-state index contributed by atoms with van der Waals surface area (Å²) in [7, 11) is 3.81. The monoisotopic (exact) mass is 400 g/mol. The van der Waals surface area contributed by atoms with Gasteiger partial charge in [-0.3, -0.25) is 9.59 Å². The number of aliphatic carboxylic acids is 1. The predicted molar refractivity (Wildman–Crippen MR) is 120 cm³/mol. The molecule has 0 aliphatic rings. The van der Waals surface area contributed by atoms with Crippen LogP contribution in [0.2, 0.25) is 0 Å². The fraction of sp³-hybridized carbons (Fsp3) is 0.913. The second-order valence-electron chi connectivity index (χ2n) is 8.11. The molecule has 0 heterocycles. The van der Waals surface area contributed by atoms with Gasteiger partial charge in [-0.15, -0.1) is 0 Å². The molecule has 0 bridgehead atoms. The fourth-order valence-corrected chi connectivity index (χ4v) is 2.98. The zero-order valence-corrected chi connectivity index (χ0v) is 19.0. The van der Waals surface area contributed by atoms with Crippen molar-refractivity contribution in [3.63, 3.8) is 0 Å². The summed E-state index contributed by atoms with van der Waals surface area (Å²) in [6.07, 6.45) is 20.7. The minimum absolute atomic E-state index is 0.237. The smallest absolute Gasteiger partial charge is 0.303 e. The first-order chi connectivity index (χ1) is 13.4. The summed E-state index contributed by atoms with van der Waals surface area (Å²) in [4.78, 5) is 22.4. The van der Waals surface area contributed by atoms with Crippen LogP contribution < -0.4 is 5.73 Å². The number of carbonyl (C=O) groups excluding carboxylic acids is 1. The first kappa shape index (κ1) is 29.1. The standard InChI is InChI=1S/C18H36O2.C5H12N2O/c1-2-3-4-5-6-7-8-9-10-11-12-13-14-15-16-17-18(19)20;1-7(2)4-3-5(6)8/h2-17H2,1H3,(H,19,20);3-4H2,1-2H3,(H2,6,8). The number of hydrogen-bond donors (Lipinski definition) is 2. The lowest BCUT2D eigenvalue weighted by molar-refractivity contribution is -0.137. The van der Waals surface area contributed by atoms with Crippen molar-refractivity contribution in [3.8, 4) is 0 Å². The van der Waals surface area contributed by atoms with E-state index < -0.39 is 5.97 Å². The molecular weight excluding hydrogens is 352 g/mol. The van der Waals surface area contributed by atoms with Crippen molar-refractivity contribution in [2.24, 2.45) is 5.73 Å². The van der Waals surface area contributed by atoms with Crippen LogP contribution in [0.25, 0.3) is 0 Å². The molecule has 1 amide bonds. The van der Waals surface area contributed by atoms with Crippen LogP contribution >= 0.6 is 0 Å². The van der Waals surface area contributed by atoms with Gasteiger partial charge < -0.3 is 15.7 Å². The molecule has 0 radical (unpaired) electrons. The van der Waals surface area contributed by atoms with E-state index in [2.05, 4.69) is 6.92 Å². The van der Waals surface area contributed by atoms with E-state index in [0.717, 1.165) is 19.4 Å². The van der Waals surface area contributed by atoms with Crippen LogP contribution in [0, 0.1) is 0 Å². The van der Waals surface area contributed by atoms with Crippen LogP contribution in [0.3, 0.4) is 0 Å². The van der Waals surface area contributed by atoms with Crippen LogP contribution in [-0.2, 0) is 9.59 Å². The van der Waals surface area contributed by atoms with E-state index in [1.807, 2.05) is 19.0 Å². The Labute approximate surface area is 174 Å². The highest BCUT2D eigenvalue weighted by Crippen LogP contribution is 2.13. The van der Waals surface area contributed by atoms with Crippen LogP contribution in [-0.4, -0.2) is 42.5 Å². The van der Waals surface area contributed by atoms with Gasteiger partial charge in [-0.1, -0.05) is 96.8 Å². The SMILES string of the molecule is CCCCCCCCCCCCCCCCCC(=O)O.CN(C)CCC(N)=O. The highest BCUT2D eigenvalue weighted by molar-refractivity contribution is 5.73. The van der Waals surface area contributed by atoms with Crippen molar-refractivity contribution in [1.29, 1.82) is 0 Å². The molecule has 3 N–H and O–H groups in total. The lowest BCUT2D eigenvalue weighted by atomic mass is 10.0. The van der Waals surface area contributed by atoms with E-state index in [0.29, 0.717) is 12.8 Å². The molecule has 0 unspecified atom stereocenters. The van der Waals surface area contributed by atoms with Gasteiger partial charge in [0.15, 0.2) is 0 Å². The van der Waals surface area contributed by atoms with Gasteiger partial charge in [-0.25, -0.2) is 0 Å². The molecule has 28 heavy (non-hydrogen) atoms. The molecule has 0 aromatic heterocycles. The third-order valence-electron chi connectivity index (χ3n) is 4.80. The number of rotatable bonds is 19. The van der Waals surface area contributed by atoms with E-state index in [9.17, 15) is 9.59 Å². The Kier molecular flexibility index (Phi) is 24.9. The number of nitrogens with two attached hydrogens (primary N) is 1. The van der Waals surface area contributed by atoms with Crippen LogP contribution in [0.15, 0.2) is 0 Å². The third kappa shape index (κ3) is 32.6. The summed E-state index contributed by atoms with van der Waals surface area (Å²) in [6.45, 7) is 3.02. The Morgan fingerprint density at radius 2 is 1.04 bits per heavy atom. The van der Waals surface area contributed by atoms with Crippen LogP contribution in [0.4, 0.5) is 0 Å². The van der Waals surface area contributed by atoms with E-state index >= 15 is 0 Å². The minimum Gasteiger partial charge on any atom is -0.481 e. The molecule has 0 spiro atoms. The largest absolute Gasteiger partial charge is 0.481 e. The maximum Gasteiger partial charge on any atom is 0.303 e. The van der Waals surface area contributed by atoms with Gasteiger partial charge in [0.25, 0.3) is 0 Å². The molecule has 0 rings (SSSR count). The van der Waals surface area contributed by atoms with E-state index in [1.54, 1.807) is 0 Å². The second-order valence-corrected chi connectivity index (χ2v) is 8.11. The van der Waals surface area contributed by atoms with Crippen LogP contribution in [0.5, 0.6) is 0 Å².